The van der Waals surface area contributed by atoms with Gasteiger partial charge in [0, 0.05) is 25.3 Å². The van der Waals surface area contributed by atoms with Crippen LogP contribution in [0.15, 0.2) is 36.5 Å². The van der Waals surface area contributed by atoms with Crippen LogP contribution in [0.25, 0.3) is 11.1 Å². The largest absolute Gasteiger partial charge is 0.491 e. The minimum Gasteiger partial charge on any atom is -0.491 e. The van der Waals surface area contributed by atoms with Crippen molar-refractivity contribution in [1.29, 1.82) is 0 Å². The summed E-state index contributed by atoms with van der Waals surface area (Å²) in [6, 6.07) is 7.34. The molecular weight excluding hydrogens is 601 g/mol. The van der Waals surface area contributed by atoms with Crippen LogP contribution in [0.5, 0.6) is 5.75 Å². The van der Waals surface area contributed by atoms with Crippen LogP contribution in [0.3, 0.4) is 0 Å². The summed E-state index contributed by atoms with van der Waals surface area (Å²) >= 11 is 0. The van der Waals surface area contributed by atoms with E-state index in [9.17, 15) is 22.8 Å². The monoisotopic (exact) mass is 650 g/mol. The molecule has 3 rings (SSSR count). The number of alkyl carbamates (subject to hydrolysis) is 1. The summed E-state index contributed by atoms with van der Waals surface area (Å²) < 4.78 is 59.5. The molecule has 46 heavy (non-hydrogen) atoms. The maximum absolute atomic E-state index is 14.3. The lowest BCUT2D eigenvalue weighted by Gasteiger charge is -2.34. The van der Waals surface area contributed by atoms with Crippen molar-refractivity contribution >= 4 is 18.0 Å². The van der Waals surface area contributed by atoms with E-state index in [2.05, 4.69) is 15.6 Å². The molecule has 0 saturated carbocycles. The van der Waals surface area contributed by atoms with Crippen LogP contribution in [-0.4, -0.2) is 64.5 Å². The highest BCUT2D eigenvalue weighted by Gasteiger charge is 2.37. The van der Waals surface area contributed by atoms with E-state index in [-0.39, 0.29) is 30.4 Å². The second-order valence-electron chi connectivity index (χ2n) is 14.6. The standard InChI is InChI=1S/C34H49F3N4O5/c1-22(2)20-33(9,40-29(42)45-31(3,4)5)21-44-27-11-10-23(18-26(27)34(35,36)37)24-12-15-38-28(19-24)39-25-13-16-41(17-14-25)30(43)46-32(6,7)8/h10-12,15,18-19,22,25H,13-14,16-17,20-21H2,1-9H3,(H,38,39)(H,40,42)/t33-/m0/s1. The van der Waals surface area contributed by atoms with E-state index in [1.807, 2.05) is 34.6 Å². The molecule has 12 heteroatoms. The summed E-state index contributed by atoms with van der Waals surface area (Å²) in [6.45, 7) is 17.2. The molecule has 2 heterocycles. The topological polar surface area (TPSA) is 102 Å². The molecule has 256 valence electrons. The van der Waals surface area contributed by atoms with Crippen LogP contribution in [0.4, 0.5) is 28.6 Å². The Hall–Kier alpha value is -3.70. The minimum atomic E-state index is -4.69. The van der Waals surface area contributed by atoms with Crippen molar-refractivity contribution in [2.24, 2.45) is 5.92 Å². The van der Waals surface area contributed by atoms with Crippen LogP contribution in [0.1, 0.15) is 87.1 Å². The van der Waals surface area contributed by atoms with Gasteiger partial charge in [-0.25, -0.2) is 14.6 Å². The number of nitrogens with zero attached hydrogens (tertiary/aromatic N) is 2. The highest BCUT2D eigenvalue weighted by molar-refractivity contribution is 5.70. The van der Waals surface area contributed by atoms with Crippen molar-refractivity contribution in [2.75, 3.05) is 25.0 Å². The molecule has 9 nitrogen and oxygen atoms in total. The van der Waals surface area contributed by atoms with Gasteiger partial charge in [0.2, 0.25) is 0 Å². The Labute approximate surface area is 270 Å². The van der Waals surface area contributed by atoms with Crippen LogP contribution in [0, 0.1) is 5.92 Å². The summed E-state index contributed by atoms with van der Waals surface area (Å²) in [5, 5.41) is 6.15. The molecule has 1 aliphatic rings. The van der Waals surface area contributed by atoms with Gasteiger partial charge in [-0.1, -0.05) is 19.9 Å². The molecule has 0 aliphatic carbocycles. The number of rotatable bonds is 9. The van der Waals surface area contributed by atoms with Gasteiger partial charge in [0.05, 0.1) is 11.1 Å². The molecule has 1 aromatic heterocycles. The molecule has 2 N–H and O–H groups in total. The predicted octanol–water partition coefficient (Wildman–Crippen LogP) is 8.29. The Bertz CT molecular complexity index is 1350. The van der Waals surface area contributed by atoms with Gasteiger partial charge < -0.3 is 29.7 Å². The number of pyridine rings is 1. The molecule has 1 atom stereocenters. The highest BCUT2D eigenvalue weighted by atomic mass is 19.4. The fraction of sp³-hybridized carbons (Fsp3) is 0.618. The van der Waals surface area contributed by atoms with Gasteiger partial charge in [-0.2, -0.15) is 13.2 Å². The third-order valence-electron chi connectivity index (χ3n) is 7.08. The number of hydrogen-bond acceptors (Lipinski definition) is 7. The zero-order chi connectivity index (χ0) is 34.5. The van der Waals surface area contributed by atoms with Crippen molar-refractivity contribution in [1.82, 2.24) is 15.2 Å². The van der Waals surface area contributed by atoms with Crippen LogP contribution >= 0.6 is 0 Å². The number of carbonyl (C=O) groups is 2. The molecule has 1 aliphatic heterocycles. The maximum Gasteiger partial charge on any atom is 0.419 e. The number of alkyl halides is 3. The third-order valence-corrected chi connectivity index (χ3v) is 7.08. The van der Waals surface area contributed by atoms with E-state index < -0.39 is 34.6 Å². The van der Waals surface area contributed by atoms with Crippen molar-refractivity contribution < 1.29 is 37.0 Å². The number of amides is 2. The first-order chi connectivity index (χ1) is 21.1. The van der Waals surface area contributed by atoms with Gasteiger partial charge in [-0.15, -0.1) is 0 Å². The molecule has 0 spiro atoms. The molecule has 0 unspecified atom stereocenters. The van der Waals surface area contributed by atoms with Crippen molar-refractivity contribution in [2.45, 2.75) is 111 Å². The second-order valence-corrected chi connectivity index (χ2v) is 14.6. The summed E-state index contributed by atoms with van der Waals surface area (Å²) in [4.78, 5) is 31.0. The summed E-state index contributed by atoms with van der Waals surface area (Å²) in [5.74, 6) is 0.321. The van der Waals surface area contributed by atoms with E-state index in [1.54, 1.807) is 57.0 Å². The van der Waals surface area contributed by atoms with E-state index in [0.29, 0.717) is 49.3 Å². The van der Waals surface area contributed by atoms with Crippen molar-refractivity contribution in [3.8, 4) is 16.9 Å². The summed E-state index contributed by atoms with van der Waals surface area (Å²) in [6.07, 6.45) is -2.34. The van der Waals surface area contributed by atoms with E-state index >= 15 is 0 Å². The van der Waals surface area contributed by atoms with Crippen LogP contribution in [0.2, 0.25) is 0 Å². The van der Waals surface area contributed by atoms with Gasteiger partial charge in [-0.05, 0) is 109 Å². The lowest BCUT2D eigenvalue weighted by molar-refractivity contribution is -0.139. The van der Waals surface area contributed by atoms with Gasteiger partial charge in [0.25, 0.3) is 0 Å². The van der Waals surface area contributed by atoms with Gasteiger partial charge in [0.15, 0.2) is 0 Å². The van der Waals surface area contributed by atoms with Gasteiger partial charge in [0.1, 0.15) is 29.4 Å². The average Bonchev–Trinajstić information content (AvgIpc) is 2.89. The van der Waals surface area contributed by atoms with E-state index in [0.717, 1.165) is 6.07 Å². The number of piperidine rings is 1. The number of ether oxygens (including phenoxy) is 3. The van der Waals surface area contributed by atoms with Crippen molar-refractivity contribution in [3.63, 3.8) is 0 Å². The van der Waals surface area contributed by atoms with E-state index in [4.69, 9.17) is 14.2 Å². The lowest BCUT2D eigenvalue weighted by Crippen LogP contribution is -2.52. The minimum absolute atomic E-state index is 0.0392. The first-order valence-corrected chi connectivity index (χ1v) is 15.7. The highest BCUT2D eigenvalue weighted by Crippen LogP contribution is 2.39. The maximum atomic E-state index is 14.3. The fourth-order valence-corrected chi connectivity index (χ4v) is 5.32. The number of carbonyl (C=O) groups excluding carboxylic acids is 2. The number of hydrogen-bond donors (Lipinski definition) is 2. The molecule has 2 amide bonds. The zero-order valence-corrected chi connectivity index (χ0v) is 28.4. The molecule has 1 fully saturated rings. The second kappa shape index (κ2) is 14.4. The first kappa shape index (κ1) is 36.8. The Balaban J connectivity index is 1.74. The number of anilines is 1. The number of nitrogens with one attached hydrogen (secondary N) is 2. The number of likely N-dealkylation sites (tertiary alicyclic amines) is 1. The summed E-state index contributed by atoms with van der Waals surface area (Å²) in [5.41, 5.74) is -2.30. The smallest absolute Gasteiger partial charge is 0.419 e. The Morgan fingerprint density at radius 1 is 0.935 bits per heavy atom. The third kappa shape index (κ3) is 11.6. The Morgan fingerprint density at radius 3 is 2.11 bits per heavy atom. The Kier molecular flexibility index (Phi) is 11.5. The van der Waals surface area contributed by atoms with Gasteiger partial charge in [-0.3, -0.25) is 0 Å². The molecule has 0 bridgehead atoms. The molecule has 1 aromatic carbocycles. The lowest BCUT2D eigenvalue weighted by atomic mass is 9.91. The number of halogens is 3. The van der Waals surface area contributed by atoms with Crippen LogP contribution < -0.4 is 15.4 Å². The first-order valence-electron chi connectivity index (χ1n) is 15.7. The molecule has 1 saturated heterocycles. The number of benzene rings is 1. The fourth-order valence-electron chi connectivity index (χ4n) is 5.32. The van der Waals surface area contributed by atoms with E-state index in [1.165, 1.54) is 6.07 Å². The number of aromatic nitrogens is 1. The summed E-state index contributed by atoms with van der Waals surface area (Å²) in [7, 11) is 0. The predicted molar refractivity (Wildman–Crippen MR) is 172 cm³/mol. The quantitative estimate of drug-likeness (QED) is 0.282. The Morgan fingerprint density at radius 2 is 1.54 bits per heavy atom. The van der Waals surface area contributed by atoms with Gasteiger partial charge >= 0.3 is 18.4 Å². The molecular formula is C34H49F3N4O5. The zero-order valence-electron chi connectivity index (χ0n) is 28.4. The molecule has 2 aromatic rings. The molecule has 0 radical (unpaired) electrons. The normalized spacial score (nSPS) is 16.1. The van der Waals surface area contributed by atoms with Crippen LogP contribution in [-0.2, 0) is 15.7 Å². The SMILES string of the molecule is CC(C)C[C@@](C)(COc1ccc(-c2ccnc(NC3CCN(C(=O)OC(C)(C)C)CC3)c2)cc1C(F)(F)F)NC(=O)OC(C)(C)C. The van der Waals surface area contributed by atoms with Crippen molar-refractivity contribution in [3.05, 3.63) is 42.1 Å². The average molecular weight is 651 g/mol.